The van der Waals surface area contributed by atoms with Gasteiger partial charge in [0.15, 0.2) is 0 Å². The van der Waals surface area contributed by atoms with E-state index in [0.29, 0.717) is 0 Å². The Bertz CT molecular complexity index is 521. The van der Waals surface area contributed by atoms with E-state index in [-0.39, 0.29) is 6.10 Å². The van der Waals surface area contributed by atoms with E-state index in [1.807, 2.05) is 42.5 Å². The van der Waals surface area contributed by atoms with Crippen LogP contribution in [0.4, 0.5) is 0 Å². The third-order valence-electron chi connectivity index (χ3n) is 3.58. The standard InChI is InChI=1S/C16H20O4/c1-17-12-8-9-14(18-2)13(11-12)16(20-4)10-6-5-7-15(16)19-3/h5-11,15H,1-4H3. The van der Waals surface area contributed by atoms with Crippen molar-refractivity contribution in [1.29, 1.82) is 0 Å². The molecule has 0 radical (unpaired) electrons. The topological polar surface area (TPSA) is 36.9 Å². The SMILES string of the molecule is COc1ccc(OC)c(C2(OC)C=CC=CC2OC)c1. The summed E-state index contributed by atoms with van der Waals surface area (Å²) in [5, 5.41) is 0. The van der Waals surface area contributed by atoms with Gasteiger partial charge in [0.1, 0.15) is 23.2 Å². The first-order chi connectivity index (χ1) is 9.71. The Morgan fingerprint density at radius 3 is 2.40 bits per heavy atom. The summed E-state index contributed by atoms with van der Waals surface area (Å²) in [6, 6.07) is 5.64. The summed E-state index contributed by atoms with van der Waals surface area (Å²) < 4.78 is 22.2. The van der Waals surface area contributed by atoms with Gasteiger partial charge >= 0.3 is 0 Å². The largest absolute Gasteiger partial charge is 0.497 e. The van der Waals surface area contributed by atoms with Gasteiger partial charge in [-0.3, -0.25) is 0 Å². The Kier molecular flexibility index (Phi) is 4.47. The van der Waals surface area contributed by atoms with E-state index in [0.717, 1.165) is 17.1 Å². The quantitative estimate of drug-likeness (QED) is 0.828. The van der Waals surface area contributed by atoms with Crippen molar-refractivity contribution in [2.75, 3.05) is 28.4 Å². The molecule has 1 aromatic carbocycles. The van der Waals surface area contributed by atoms with Crippen molar-refractivity contribution in [2.24, 2.45) is 0 Å². The molecule has 4 nitrogen and oxygen atoms in total. The van der Waals surface area contributed by atoms with Crippen LogP contribution in [0.1, 0.15) is 5.56 Å². The Morgan fingerprint density at radius 1 is 1.00 bits per heavy atom. The van der Waals surface area contributed by atoms with Crippen LogP contribution in [-0.2, 0) is 15.1 Å². The lowest BCUT2D eigenvalue weighted by Gasteiger charge is -2.37. The average molecular weight is 276 g/mol. The summed E-state index contributed by atoms with van der Waals surface area (Å²) in [4.78, 5) is 0. The molecule has 0 fully saturated rings. The summed E-state index contributed by atoms with van der Waals surface area (Å²) in [6.07, 6.45) is 7.58. The number of rotatable bonds is 5. The van der Waals surface area contributed by atoms with Crippen LogP contribution in [-0.4, -0.2) is 34.5 Å². The molecule has 0 saturated heterocycles. The van der Waals surface area contributed by atoms with E-state index >= 15 is 0 Å². The van der Waals surface area contributed by atoms with Crippen LogP contribution in [0.15, 0.2) is 42.5 Å². The molecule has 1 aromatic rings. The molecule has 0 spiro atoms. The molecule has 0 amide bonds. The Labute approximate surface area is 119 Å². The Morgan fingerprint density at radius 2 is 1.80 bits per heavy atom. The molecule has 1 aliphatic carbocycles. The minimum Gasteiger partial charge on any atom is -0.497 e. The van der Waals surface area contributed by atoms with Crippen LogP contribution in [0, 0.1) is 0 Å². The van der Waals surface area contributed by atoms with Gasteiger partial charge < -0.3 is 18.9 Å². The second-order valence-corrected chi connectivity index (χ2v) is 4.46. The molecule has 108 valence electrons. The van der Waals surface area contributed by atoms with Gasteiger partial charge in [0.05, 0.1) is 14.2 Å². The summed E-state index contributed by atoms with van der Waals surface area (Å²) >= 11 is 0. The molecule has 0 aliphatic heterocycles. The van der Waals surface area contributed by atoms with Gasteiger partial charge in [-0.25, -0.2) is 0 Å². The maximum Gasteiger partial charge on any atom is 0.144 e. The summed E-state index contributed by atoms with van der Waals surface area (Å²) in [5.74, 6) is 1.48. The second kappa shape index (κ2) is 6.11. The molecule has 0 heterocycles. The number of benzene rings is 1. The van der Waals surface area contributed by atoms with Gasteiger partial charge in [-0.2, -0.15) is 0 Å². The smallest absolute Gasteiger partial charge is 0.144 e. The fraction of sp³-hybridized carbons (Fsp3) is 0.375. The van der Waals surface area contributed by atoms with E-state index in [4.69, 9.17) is 18.9 Å². The molecule has 2 rings (SSSR count). The third-order valence-corrected chi connectivity index (χ3v) is 3.58. The first-order valence-corrected chi connectivity index (χ1v) is 6.38. The lowest BCUT2D eigenvalue weighted by atomic mass is 9.84. The fourth-order valence-corrected chi connectivity index (χ4v) is 2.51. The number of allylic oxidation sites excluding steroid dienone is 2. The zero-order valence-corrected chi connectivity index (χ0v) is 12.3. The van der Waals surface area contributed by atoms with Crippen LogP contribution < -0.4 is 9.47 Å². The highest BCUT2D eigenvalue weighted by molar-refractivity contribution is 5.48. The zero-order valence-electron chi connectivity index (χ0n) is 12.3. The number of ether oxygens (including phenoxy) is 4. The van der Waals surface area contributed by atoms with Crippen molar-refractivity contribution in [3.05, 3.63) is 48.1 Å². The number of hydrogen-bond acceptors (Lipinski definition) is 4. The van der Waals surface area contributed by atoms with Crippen LogP contribution in [0.5, 0.6) is 11.5 Å². The fourth-order valence-electron chi connectivity index (χ4n) is 2.51. The number of methoxy groups -OCH3 is 4. The summed E-state index contributed by atoms with van der Waals surface area (Å²) in [5.41, 5.74) is 0.137. The van der Waals surface area contributed by atoms with Gasteiger partial charge in [0, 0.05) is 19.8 Å². The molecule has 0 saturated carbocycles. The Hall–Kier alpha value is -1.78. The highest BCUT2D eigenvalue weighted by Crippen LogP contribution is 2.41. The van der Waals surface area contributed by atoms with E-state index < -0.39 is 5.60 Å². The van der Waals surface area contributed by atoms with E-state index in [2.05, 4.69) is 0 Å². The highest BCUT2D eigenvalue weighted by atomic mass is 16.5. The predicted molar refractivity (Wildman–Crippen MR) is 77.3 cm³/mol. The van der Waals surface area contributed by atoms with Crippen molar-refractivity contribution in [3.8, 4) is 11.5 Å². The van der Waals surface area contributed by atoms with Gasteiger partial charge in [0.2, 0.25) is 0 Å². The molecular formula is C16H20O4. The van der Waals surface area contributed by atoms with Gasteiger partial charge in [-0.05, 0) is 24.3 Å². The maximum absolute atomic E-state index is 5.81. The molecule has 2 atom stereocenters. The summed E-state index contributed by atoms with van der Waals surface area (Å²) in [6.45, 7) is 0. The number of hydrogen-bond donors (Lipinski definition) is 0. The molecule has 20 heavy (non-hydrogen) atoms. The monoisotopic (exact) mass is 276 g/mol. The van der Waals surface area contributed by atoms with E-state index in [9.17, 15) is 0 Å². The van der Waals surface area contributed by atoms with Crippen molar-refractivity contribution < 1.29 is 18.9 Å². The van der Waals surface area contributed by atoms with Gasteiger partial charge in [0.25, 0.3) is 0 Å². The lowest BCUT2D eigenvalue weighted by molar-refractivity contribution is -0.0721. The molecule has 0 aromatic heterocycles. The minimum atomic E-state index is -0.733. The van der Waals surface area contributed by atoms with E-state index in [1.165, 1.54) is 0 Å². The Balaban J connectivity index is 2.60. The molecule has 0 bridgehead atoms. The van der Waals surface area contributed by atoms with Crippen LogP contribution >= 0.6 is 0 Å². The molecule has 0 N–H and O–H groups in total. The molecule has 1 aliphatic rings. The van der Waals surface area contributed by atoms with Gasteiger partial charge in [-0.1, -0.05) is 18.2 Å². The lowest BCUT2D eigenvalue weighted by Crippen LogP contribution is -2.41. The van der Waals surface area contributed by atoms with Crippen LogP contribution in [0.25, 0.3) is 0 Å². The average Bonchev–Trinajstić information content (AvgIpc) is 2.53. The second-order valence-electron chi connectivity index (χ2n) is 4.46. The van der Waals surface area contributed by atoms with Crippen LogP contribution in [0.2, 0.25) is 0 Å². The van der Waals surface area contributed by atoms with Crippen molar-refractivity contribution in [1.82, 2.24) is 0 Å². The normalized spacial score (nSPS) is 24.7. The first-order valence-electron chi connectivity index (χ1n) is 6.38. The molecular weight excluding hydrogens is 256 g/mol. The third kappa shape index (κ3) is 2.32. The maximum atomic E-state index is 5.81. The first kappa shape index (κ1) is 14.6. The van der Waals surface area contributed by atoms with Crippen molar-refractivity contribution in [3.63, 3.8) is 0 Å². The highest BCUT2D eigenvalue weighted by Gasteiger charge is 2.41. The molecule has 4 heteroatoms. The minimum absolute atomic E-state index is 0.237. The van der Waals surface area contributed by atoms with E-state index in [1.54, 1.807) is 28.4 Å². The van der Waals surface area contributed by atoms with Crippen molar-refractivity contribution >= 4 is 0 Å². The van der Waals surface area contributed by atoms with Crippen LogP contribution in [0.3, 0.4) is 0 Å². The summed E-state index contributed by atoms with van der Waals surface area (Å²) in [7, 11) is 6.59. The van der Waals surface area contributed by atoms with Crippen molar-refractivity contribution in [2.45, 2.75) is 11.7 Å². The molecule has 2 unspecified atom stereocenters. The predicted octanol–water partition coefficient (Wildman–Crippen LogP) is 2.69. The van der Waals surface area contributed by atoms with Gasteiger partial charge in [-0.15, -0.1) is 0 Å². The zero-order chi connectivity index (χ0) is 14.6.